The van der Waals surface area contributed by atoms with E-state index in [9.17, 15) is 0 Å². The highest BCUT2D eigenvalue weighted by molar-refractivity contribution is 6.29. The first-order valence-corrected chi connectivity index (χ1v) is 6.58. The fourth-order valence-electron chi connectivity index (χ4n) is 2.10. The van der Waals surface area contributed by atoms with Crippen LogP contribution >= 0.6 is 11.6 Å². The van der Waals surface area contributed by atoms with Gasteiger partial charge in [-0.3, -0.25) is 0 Å². The van der Waals surface area contributed by atoms with Crippen molar-refractivity contribution in [2.75, 3.05) is 18.5 Å². The molecular weight excluding hydrogens is 238 g/mol. The summed E-state index contributed by atoms with van der Waals surface area (Å²) in [6.07, 6.45) is 4.60. The molecular formula is C12H16ClN3O. The van der Waals surface area contributed by atoms with Gasteiger partial charge in [-0.25, -0.2) is 9.97 Å². The molecule has 1 aromatic heterocycles. The molecule has 0 aromatic carbocycles. The van der Waals surface area contributed by atoms with Gasteiger partial charge in [0.25, 0.3) is 0 Å². The van der Waals surface area contributed by atoms with Crippen LogP contribution < -0.4 is 5.32 Å². The average molecular weight is 254 g/mol. The SMILES string of the molecule is Clc1cc(NC2CCCOC2)nc(C2CC2)n1. The number of nitrogens with one attached hydrogen (secondary N) is 1. The van der Waals surface area contributed by atoms with Crippen LogP contribution in [0.5, 0.6) is 0 Å². The minimum atomic E-state index is 0.349. The summed E-state index contributed by atoms with van der Waals surface area (Å²) < 4.78 is 5.44. The van der Waals surface area contributed by atoms with Crippen LogP contribution in [0.1, 0.15) is 37.4 Å². The van der Waals surface area contributed by atoms with E-state index in [0.717, 1.165) is 37.7 Å². The van der Waals surface area contributed by atoms with Gasteiger partial charge in [-0.2, -0.15) is 0 Å². The third-order valence-corrected chi connectivity index (χ3v) is 3.36. The summed E-state index contributed by atoms with van der Waals surface area (Å²) in [5.74, 6) is 2.25. The highest BCUT2D eigenvalue weighted by Crippen LogP contribution is 2.38. The molecule has 0 spiro atoms. The molecule has 2 heterocycles. The van der Waals surface area contributed by atoms with Gasteiger partial charge >= 0.3 is 0 Å². The zero-order valence-electron chi connectivity index (χ0n) is 9.66. The monoisotopic (exact) mass is 253 g/mol. The Morgan fingerprint density at radius 1 is 1.29 bits per heavy atom. The second-order valence-electron chi connectivity index (χ2n) is 4.77. The van der Waals surface area contributed by atoms with Crippen molar-refractivity contribution in [1.29, 1.82) is 0 Å². The predicted octanol–water partition coefficient (Wildman–Crippen LogP) is 2.60. The minimum absolute atomic E-state index is 0.349. The molecule has 2 aliphatic rings. The lowest BCUT2D eigenvalue weighted by Gasteiger charge is -2.23. The molecule has 92 valence electrons. The number of aromatic nitrogens is 2. The Morgan fingerprint density at radius 3 is 2.88 bits per heavy atom. The van der Waals surface area contributed by atoms with E-state index < -0.39 is 0 Å². The lowest BCUT2D eigenvalue weighted by Crippen LogP contribution is -2.30. The van der Waals surface area contributed by atoms with Crippen LogP contribution in [0.15, 0.2) is 6.07 Å². The molecule has 0 amide bonds. The van der Waals surface area contributed by atoms with Crippen molar-refractivity contribution in [3.8, 4) is 0 Å². The van der Waals surface area contributed by atoms with Gasteiger partial charge < -0.3 is 10.1 Å². The van der Waals surface area contributed by atoms with Crippen LogP contribution in [-0.4, -0.2) is 29.2 Å². The smallest absolute Gasteiger partial charge is 0.135 e. The van der Waals surface area contributed by atoms with Crippen molar-refractivity contribution in [3.63, 3.8) is 0 Å². The predicted molar refractivity (Wildman–Crippen MR) is 66.5 cm³/mol. The first kappa shape index (κ1) is 11.2. The molecule has 1 aliphatic carbocycles. The van der Waals surface area contributed by atoms with Gasteiger partial charge in [0.1, 0.15) is 16.8 Å². The molecule has 1 unspecified atom stereocenters. The van der Waals surface area contributed by atoms with Gasteiger partial charge in [-0.1, -0.05) is 11.6 Å². The molecule has 1 atom stereocenters. The van der Waals surface area contributed by atoms with Crippen molar-refractivity contribution < 1.29 is 4.74 Å². The summed E-state index contributed by atoms with van der Waals surface area (Å²) in [6.45, 7) is 1.62. The molecule has 1 aromatic rings. The number of anilines is 1. The third-order valence-electron chi connectivity index (χ3n) is 3.17. The highest BCUT2D eigenvalue weighted by atomic mass is 35.5. The molecule has 1 saturated carbocycles. The maximum Gasteiger partial charge on any atom is 0.135 e. The van der Waals surface area contributed by atoms with Crippen molar-refractivity contribution in [2.45, 2.75) is 37.6 Å². The standard InChI is InChI=1S/C12H16ClN3O/c13-10-6-11(14-9-2-1-5-17-7-9)16-12(15-10)8-3-4-8/h6,8-9H,1-5,7H2,(H,14,15,16). The van der Waals surface area contributed by atoms with Gasteiger partial charge in [0.2, 0.25) is 0 Å². The minimum Gasteiger partial charge on any atom is -0.379 e. The fourth-order valence-corrected chi connectivity index (χ4v) is 2.29. The molecule has 5 heteroatoms. The van der Waals surface area contributed by atoms with Gasteiger partial charge in [0.05, 0.1) is 12.6 Å². The Morgan fingerprint density at radius 2 is 2.18 bits per heavy atom. The van der Waals surface area contributed by atoms with E-state index in [2.05, 4.69) is 15.3 Å². The maximum atomic E-state index is 6.02. The third kappa shape index (κ3) is 2.87. The second-order valence-corrected chi connectivity index (χ2v) is 5.15. The number of hydrogen-bond acceptors (Lipinski definition) is 4. The van der Waals surface area contributed by atoms with Crippen LogP contribution in [0.2, 0.25) is 5.15 Å². The summed E-state index contributed by atoms with van der Waals surface area (Å²) in [5.41, 5.74) is 0. The summed E-state index contributed by atoms with van der Waals surface area (Å²) in [7, 11) is 0. The van der Waals surface area contributed by atoms with E-state index in [0.29, 0.717) is 17.1 Å². The largest absolute Gasteiger partial charge is 0.379 e. The summed E-state index contributed by atoms with van der Waals surface area (Å²) >= 11 is 6.02. The van der Waals surface area contributed by atoms with E-state index in [-0.39, 0.29) is 0 Å². The van der Waals surface area contributed by atoms with Crippen molar-refractivity contribution in [1.82, 2.24) is 9.97 Å². The Bertz CT molecular complexity index is 403. The van der Waals surface area contributed by atoms with Crippen LogP contribution in [0.3, 0.4) is 0 Å². The van der Waals surface area contributed by atoms with E-state index in [1.807, 2.05) is 0 Å². The summed E-state index contributed by atoms with van der Waals surface area (Å²) in [6, 6.07) is 2.14. The van der Waals surface area contributed by atoms with Crippen molar-refractivity contribution in [2.24, 2.45) is 0 Å². The lowest BCUT2D eigenvalue weighted by atomic mass is 10.1. The molecule has 4 nitrogen and oxygen atoms in total. The number of nitrogens with zero attached hydrogens (tertiary/aromatic N) is 2. The zero-order valence-corrected chi connectivity index (χ0v) is 10.4. The van der Waals surface area contributed by atoms with Gasteiger partial charge in [-0.15, -0.1) is 0 Å². The number of ether oxygens (including phenoxy) is 1. The first-order chi connectivity index (χ1) is 8.31. The van der Waals surface area contributed by atoms with E-state index in [4.69, 9.17) is 16.3 Å². The first-order valence-electron chi connectivity index (χ1n) is 6.20. The maximum absolute atomic E-state index is 6.02. The number of rotatable bonds is 3. The Kier molecular flexibility index (Phi) is 3.16. The van der Waals surface area contributed by atoms with Gasteiger partial charge in [0.15, 0.2) is 0 Å². The molecule has 0 radical (unpaired) electrons. The summed E-state index contributed by atoms with van der Waals surface area (Å²) in [4.78, 5) is 8.80. The topological polar surface area (TPSA) is 47.0 Å². The van der Waals surface area contributed by atoms with Crippen LogP contribution in [0.25, 0.3) is 0 Å². The highest BCUT2D eigenvalue weighted by Gasteiger charge is 2.27. The van der Waals surface area contributed by atoms with Crippen LogP contribution in [0, 0.1) is 0 Å². The average Bonchev–Trinajstić information content (AvgIpc) is 3.13. The van der Waals surface area contributed by atoms with E-state index in [1.165, 1.54) is 12.8 Å². The molecule has 1 N–H and O–H groups in total. The number of halogens is 1. The molecule has 2 fully saturated rings. The zero-order chi connectivity index (χ0) is 11.7. The van der Waals surface area contributed by atoms with Gasteiger partial charge in [0, 0.05) is 18.6 Å². The summed E-state index contributed by atoms with van der Waals surface area (Å²) in [5, 5.41) is 3.91. The normalized spacial score (nSPS) is 24.6. The number of hydrogen-bond donors (Lipinski definition) is 1. The molecule has 17 heavy (non-hydrogen) atoms. The van der Waals surface area contributed by atoms with Crippen LogP contribution in [0.4, 0.5) is 5.82 Å². The van der Waals surface area contributed by atoms with Crippen molar-refractivity contribution in [3.05, 3.63) is 17.0 Å². The van der Waals surface area contributed by atoms with E-state index >= 15 is 0 Å². The Labute approximate surface area is 106 Å². The van der Waals surface area contributed by atoms with Crippen LogP contribution in [-0.2, 0) is 4.74 Å². The van der Waals surface area contributed by atoms with Crippen molar-refractivity contribution >= 4 is 17.4 Å². The van der Waals surface area contributed by atoms with E-state index in [1.54, 1.807) is 6.07 Å². The molecule has 3 rings (SSSR count). The van der Waals surface area contributed by atoms with Gasteiger partial charge in [-0.05, 0) is 25.7 Å². The quantitative estimate of drug-likeness (QED) is 0.842. The fraction of sp³-hybridized carbons (Fsp3) is 0.667. The molecule has 1 aliphatic heterocycles. The molecule has 0 bridgehead atoms. The molecule has 1 saturated heterocycles. The Hall–Kier alpha value is -0.870. The lowest BCUT2D eigenvalue weighted by molar-refractivity contribution is 0.0875. The Balaban J connectivity index is 1.72. The second kappa shape index (κ2) is 4.78.